The highest BCUT2D eigenvalue weighted by atomic mass is 79.9. The SMILES string of the molecule is CC(C)(N)CN1CCC(n2cc(Br)cn2)CC1. The van der Waals surface area contributed by atoms with Crippen molar-refractivity contribution in [2.45, 2.75) is 38.3 Å². The normalized spacial score (nSPS) is 19.8. The van der Waals surface area contributed by atoms with Crippen molar-refractivity contribution in [1.29, 1.82) is 0 Å². The molecule has 1 aromatic heterocycles. The monoisotopic (exact) mass is 300 g/mol. The molecule has 0 spiro atoms. The molecule has 1 aromatic rings. The third kappa shape index (κ3) is 3.79. The molecule has 1 aliphatic rings. The summed E-state index contributed by atoms with van der Waals surface area (Å²) >= 11 is 3.44. The van der Waals surface area contributed by atoms with Crippen LogP contribution in [-0.4, -0.2) is 39.9 Å². The highest BCUT2D eigenvalue weighted by Crippen LogP contribution is 2.23. The third-order valence-electron chi connectivity index (χ3n) is 3.13. The molecule has 1 aliphatic heterocycles. The lowest BCUT2D eigenvalue weighted by atomic mass is 10.0. The minimum Gasteiger partial charge on any atom is -0.324 e. The fraction of sp³-hybridized carbons (Fsp3) is 0.750. The lowest BCUT2D eigenvalue weighted by Gasteiger charge is -2.35. The zero-order valence-electron chi connectivity index (χ0n) is 10.6. The first-order valence-corrected chi connectivity index (χ1v) is 6.94. The largest absolute Gasteiger partial charge is 0.324 e. The van der Waals surface area contributed by atoms with Gasteiger partial charge < -0.3 is 10.6 Å². The first kappa shape index (κ1) is 13.1. The topological polar surface area (TPSA) is 47.1 Å². The van der Waals surface area contributed by atoms with Gasteiger partial charge in [0.2, 0.25) is 0 Å². The summed E-state index contributed by atoms with van der Waals surface area (Å²) in [7, 11) is 0. The van der Waals surface area contributed by atoms with Crippen LogP contribution in [0.15, 0.2) is 16.9 Å². The minimum atomic E-state index is -0.0957. The van der Waals surface area contributed by atoms with Gasteiger partial charge in [-0.05, 0) is 42.6 Å². The maximum Gasteiger partial charge on any atom is 0.0632 e. The summed E-state index contributed by atoms with van der Waals surface area (Å²) in [6, 6.07) is 0.540. The Morgan fingerprint density at radius 3 is 2.59 bits per heavy atom. The first-order chi connectivity index (χ1) is 7.94. The number of piperidine rings is 1. The van der Waals surface area contributed by atoms with Crippen LogP contribution in [0.1, 0.15) is 32.7 Å². The van der Waals surface area contributed by atoms with Crippen molar-refractivity contribution in [3.05, 3.63) is 16.9 Å². The van der Waals surface area contributed by atoms with Gasteiger partial charge in [-0.15, -0.1) is 0 Å². The molecule has 2 N–H and O–H groups in total. The molecule has 4 nitrogen and oxygen atoms in total. The summed E-state index contributed by atoms with van der Waals surface area (Å²) in [5.74, 6) is 0. The fourth-order valence-corrected chi connectivity index (χ4v) is 2.73. The second-order valence-corrected chi connectivity index (χ2v) is 6.55. The average molecular weight is 301 g/mol. The van der Waals surface area contributed by atoms with Gasteiger partial charge in [-0.2, -0.15) is 5.10 Å². The second-order valence-electron chi connectivity index (χ2n) is 5.63. The van der Waals surface area contributed by atoms with E-state index in [4.69, 9.17) is 5.73 Å². The molecule has 2 heterocycles. The number of halogens is 1. The number of likely N-dealkylation sites (tertiary alicyclic amines) is 1. The van der Waals surface area contributed by atoms with E-state index < -0.39 is 0 Å². The van der Waals surface area contributed by atoms with E-state index in [0.29, 0.717) is 6.04 Å². The first-order valence-electron chi connectivity index (χ1n) is 6.15. The molecule has 5 heteroatoms. The van der Waals surface area contributed by atoms with E-state index in [1.165, 1.54) is 0 Å². The Labute approximate surface area is 111 Å². The molecule has 1 saturated heterocycles. The van der Waals surface area contributed by atoms with E-state index in [0.717, 1.165) is 36.9 Å². The lowest BCUT2D eigenvalue weighted by Crippen LogP contribution is -2.48. The number of aromatic nitrogens is 2. The van der Waals surface area contributed by atoms with Crippen molar-refractivity contribution in [2.24, 2.45) is 5.73 Å². The van der Waals surface area contributed by atoms with Crippen LogP contribution in [0.5, 0.6) is 0 Å². The van der Waals surface area contributed by atoms with Crippen molar-refractivity contribution >= 4 is 15.9 Å². The number of nitrogens with zero attached hydrogens (tertiary/aromatic N) is 3. The molecule has 0 atom stereocenters. The highest BCUT2D eigenvalue weighted by Gasteiger charge is 2.24. The van der Waals surface area contributed by atoms with Crippen LogP contribution < -0.4 is 5.73 Å². The van der Waals surface area contributed by atoms with Gasteiger partial charge in [-0.25, -0.2) is 0 Å². The van der Waals surface area contributed by atoms with Gasteiger partial charge in [0.1, 0.15) is 0 Å². The van der Waals surface area contributed by atoms with Crippen LogP contribution in [0.25, 0.3) is 0 Å². The zero-order valence-corrected chi connectivity index (χ0v) is 12.2. The van der Waals surface area contributed by atoms with Crippen LogP contribution in [0.3, 0.4) is 0 Å². The van der Waals surface area contributed by atoms with E-state index in [1.807, 2.05) is 6.20 Å². The predicted molar refractivity (Wildman–Crippen MR) is 72.9 cm³/mol. The minimum absolute atomic E-state index is 0.0957. The molecule has 0 radical (unpaired) electrons. The molecular formula is C12H21BrN4. The molecule has 2 rings (SSSR count). The molecule has 0 bridgehead atoms. The summed E-state index contributed by atoms with van der Waals surface area (Å²) in [5.41, 5.74) is 5.95. The number of hydrogen-bond donors (Lipinski definition) is 1. The van der Waals surface area contributed by atoms with Crippen molar-refractivity contribution in [2.75, 3.05) is 19.6 Å². The summed E-state index contributed by atoms with van der Waals surface area (Å²) in [6.45, 7) is 7.38. The Hall–Kier alpha value is -0.390. The van der Waals surface area contributed by atoms with Crippen molar-refractivity contribution in [3.8, 4) is 0 Å². The maximum absolute atomic E-state index is 6.05. The molecule has 0 saturated carbocycles. The van der Waals surface area contributed by atoms with Crippen LogP contribution in [-0.2, 0) is 0 Å². The lowest BCUT2D eigenvalue weighted by molar-refractivity contribution is 0.155. The molecule has 0 aliphatic carbocycles. The van der Waals surface area contributed by atoms with Gasteiger partial charge in [0.15, 0.2) is 0 Å². The van der Waals surface area contributed by atoms with Crippen molar-refractivity contribution in [3.63, 3.8) is 0 Å². The Balaban J connectivity index is 1.86. The quantitative estimate of drug-likeness (QED) is 0.929. The third-order valence-corrected chi connectivity index (χ3v) is 3.54. The molecule has 1 fully saturated rings. The summed E-state index contributed by atoms with van der Waals surface area (Å²) in [4.78, 5) is 2.45. The summed E-state index contributed by atoms with van der Waals surface area (Å²) < 4.78 is 3.14. The Bertz CT molecular complexity index is 361. The van der Waals surface area contributed by atoms with Crippen LogP contribution in [0.2, 0.25) is 0 Å². The van der Waals surface area contributed by atoms with Gasteiger partial charge >= 0.3 is 0 Å². The zero-order chi connectivity index (χ0) is 12.5. The Morgan fingerprint density at radius 2 is 2.12 bits per heavy atom. The van der Waals surface area contributed by atoms with Crippen molar-refractivity contribution < 1.29 is 0 Å². The van der Waals surface area contributed by atoms with Crippen LogP contribution >= 0.6 is 15.9 Å². The maximum atomic E-state index is 6.05. The van der Waals surface area contributed by atoms with Crippen molar-refractivity contribution in [1.82, 2.24) is 14.7 Å². The average Bonchev–Trinajstić information content (AvgIpc) is 2.63. The fourth-order valence-electron chi connectivity index (χ4n) is 2.43. The van der Waals surface area contributed by atoms with Gasteiger partial charge in [-0.3, -0.25) is 4.68 Å². The number of hydrogen-bond acceptors (Lipinski definition) is 3. The molecule has 0 unspecified atom stereocenters. The molecule has 17 heavy (non-hydrogen) atoms. The summed E-state index contributed by atoms with van der Waals surface area (Å²) in [6.07, 6.45) is 6.23. The molecule has 0 amide bonds. The van der Waals surface area contributed by atoms with Gasteiger partial charge in [0.05, 0.1) is 16.7 Å². The van der Waals surface area contributed by atoms with E-state index in [9.17, 15) is 0 Å². The van der Waals surface area contributed by atoms with Gasteiger partial charge in [-0.1, -0.05) is 0 Å². The molecule has 96 valence electrons. The van der Waals surface area contributed by atoms with Gasteiger partial charge in [0, 0.05) is 31.4 Å². The smallest absolute Gasteiger partial charge is 0.0632 e. The molecule has 0 aromatic carbocycles. The van der Waals surface area contributed by atoms with E-state index >= 15 is 0 Å². The number of rotatable bonds is 3. The molecular weight excluding hydrogens is 280 g/mol. The number of nitrogens with two attached hydrogens (primary N) is 1. The Morgan fingerprint density at radius 1 is 1.47 bits per heavy atom. The standard InChI is InChI=1S/C12H21BrN4/c1-12(2,14)9-16-5-3-11(4-6-16)17-8-10(13)7-15-17/h7-8,11H,3-6,9,14H2,1-2H3. The summed E-state index contributed by atoms with van der Waals surface area (Å²) in [5, 5.41) is 4.37. The van der Waals surface area contributed by atoms with E-state index in [-0.39, 0.29) is 5.54 Å². The second kappa shape index (κ2) is 5.08. The predicted octanol–water partition coefficient (Wildman–Crippen LogP) is 2.02. The Kier molecular flexibility index (Phi) is 3.90. The van der Waals surface area contributed by atoms with E-state index in [2.05, 4.69) is 50.7 Å². The highest BCUT2D eigenvalue weighted by molar-refractivity contribution is 9.10. The van der Waals surface area contributed by atoms with Crippen LogP contribution in [0, 0.1) is 0 Å². The van der Waals surface area contributed by atoms with Crippen LogP contribution in [0.4, 0.5) is 0 Å². The van der Waals surface area contributed by atoms with E-state index in [1.54, 1.807) is 0 Å². The van der Waals surface area contributed by atoms with Gasteiger partial charge in [0.25, 0.3) is 0 Å².